The average Bonchev–Trinajstić information content (AvgIpc) is 2.57. The molecule has 0 amide bonds. The molecule has 19 heavy (non-hydrogen) atoms. The summed E-state index contributed by atoms with van der Waals surface area (Å²) in [6.45, 7) is 8.76. The number of nitrogens with zero attached hydrogens (tertiary/aromatic N) is 2. The summed E-state index contributed by atoms with van der Waals surface area (Å²) in [6.07, 6.45) is 8.12. The lowest BCUT2D eigenvalue weighted by Crippen LogP contribution is -2.30. The summed E-state index contributed by atoms with van der Waals surface area (Å²) < 4.78 is 2.13. The van der Waals surface area contributed by atoms with E-state index in [0.717, 1.165) is 30.7 Å². The number of aromatic nitrogens is 2. The standard InChI is InChI=1S/C16H29N3/c1-13-6-4-7-16(9-8-13)17-10-5-11-19-15(3)12-14(2)18-19/h12-13,16-17H,4-11H2,1-3H3. The third-order valence-corrected chi connectivity index (χ3v) is 4.34. The first-order valence-electron chi connectivity index (χ1n) is 7.89. The van der Waals surface area contributed by atoms with E-state index in [2.05, 4.69) is 41.9 Å². The summed E-state index contributed by atoms with van der Waals surface area (Å²) in [5.41, 5.74) is 2.41. The zero-order valence-corrected chi connectivity index (χ0v) is 12.8. The van der Waals surface area contributed by atoms with Gasteiger partial charge in [0.1, 0.15) is 0 Å². The lowest BCUT2D eigenvalue weighted by atomic mass is 10.0. The van der Waals surface area contributed by atoms with E-state index in [-0.39, 0.29) is 0 Å². The van der Waals surface area contributed by atoms with Gasteiger partial charge in [-0.1, -0.05) is 19.8 Å². The van der Waals surface area contributed by atoms with E-state index in [0.29, 0.717) is 0 Å². The van der Waals surface area contributed by atoms with Crippen molar-refractivity contribution in [2.24, 2.45) is 5.92 Å². The van der Waals surface area contributed by atoms with E-state index in [1.54, 1.807) is 0 Å². The molecule has 1 aromatic heterocycles. The highest BCUT2D eigenvalue weighted by Gasteiger charge is 2.15. The van der Waals surface area contributed by atoms with E-state index in [1.165, 1.54) is 44.2 Å². The first-order chi connectivity index (χ1) is 9.15. The smallest absolute Gasteiger partial charge is 0.0596 e. The molecule has 0 aromatic carbocycles. The Balaban J connectivity index is 1.65. The van der Waals surface area contributed by atoms with Crippen LogP contribution in [0.3, 0.4) is 0 Å². The molecule has 3 heteroatoms. The molecule has 108 valence electrons. The molecule has 0 saturated heterocycles. The number of hydrogen-bond donors (Lipinski definition) is 1. The first-order valence-corrected chi connectivity index (χ1v) is 7.89. The molecular weight excluding hydrogens is 234 g/mol. The quantitative estimate of drug-likeness (QED) is 0.651. The van der Waals surface area contributed by atoms with Crippen LogP contribution in [-0.4, -0.2) is 22.4 Å². The second-order valence-electron chi connectivity index (χ2n) is 6.27. The average molecular weight is 263 g/mol. The Hall–Kier alpha value is -0.830. The topological polar surface area (TPSA) is 29.9 Å². The van der Waals surface area contributed by atoms with Crippen LogP contribution in [0.2, 0.25) is 0 Å². The van der Waals surface area contributed by atoms with E-state index >= 15 is 0 Å². The Morgan fingerprint density at radius 2 is 2.11 bits per heavy atom. The van der Waals surface area contributed by atoms with Gasteiger partial charge in [0.2, 0.25) is 0 Å². The minimum atomic E-state index is 0.755. The third-order valence-electron chi connectivity index (χ3n) is 4.34. The predicted octanol–water partition coefficient (Wildman–Crippen LogP) is 3.45. The van der Waals surface area contributed by atoms with Crippen LogP contribution in [0.1, 0.15) is 56.8 Å². The van der Waals surface area contributed by atoms with Gasteiger partial charge in [-0.2, -0.15) is 5.10 Å². The van der Waals surface area contributed by atoms with Gasteiger partial charge in [-0.3, -0.25) is 4.68 Å². The molecule has 1 aliphatic rings. The van der Waals surface area contributed by atoms with Crippen molar-refractivity contribution in [3.8, 4) is 0 Å². The predicted molar refractivity (Wildman–Crippen MR) is 80.4 cm³/mol. The van der Waals surface area contributed by atoms with Crippen molar-refractivity contribution in [2.45, 2.75) is 71.9 Å². The highest BCUT2D eigenvalue weighted by Crippen LogP contribution is 2.22. The van der Waals surface area contributed by atoms with Crippen molar-refractivity contribution < 1.29 is 0 Å². The van der Waals surface area contributed by atoms with Gasteiger partial charge in [-0.05, 0) is 58.1 Å². The number of rotatable bonds is 5. The summed E-state index contributed by atoms with van der Waals surface area (Å²) in [7, 11) is 0. The van der Waals surface area contributed by atoms with Crippen molar-refractivity contribution in [1.29, 1.82) is 0 Å². The molecule has 2 atom stereocenters. The van der Waals surface area contributed by atoms with Crippen LogP contribution in [0, 0.1) is 19.8 Å². The van der Waals surface area contributed by atoms with Gasteiger partial charge in [0.15, 0.2) is 0 Å². The molecule has 2 rings (SSSR count). The zero-order chi connectivity index (χ0) is 13.7. The van der Waals surface area contributed by atoms with Gasteiger partial charge in [-0.15, -0.1) is 0 Å². The first kappa shape index (κ1) is 14.6. The maximum Gasteiger partial charge on any atom is 0.0596 e. The fraction of sp³-hybridized carbons (Fsp3) is 0.812. The summed E-state index contributed by atoms with van der Waals surface area (Å²) in [5, 5.41) is 8.25. The maximum atomic E-state index is 4.51. The van der Waals surface area contributed by atoms with Gasteiger partial charge in [-0.25, -0.2) is 0 Å². The van der Waals surface area contributed by atoms with Gasteiger partial charge < -0.3 is 5.32 Å². The van der Waals surface area contributed by atoms with E-state index in [4.69, 9.17) is 0 Å². The van der Waals surface area contributed by atoms with Crippen molar-refractivity contribution in [2.75, 3.05) is 6.54 Å². The summed E-state index contributed by atoms with van der Waals surface area (Å²) in [5.74, 6) is 0.932. The Bertz CT molecular complexity index is 383. The van der Waals surface area contributed by atoms with Gasteiger partial charge >= 0.3 is 0 Å². The Kier molecular flexibility index (Phi) is 5.44. The minimum absolute atomic E-state index is 0.755. The monoisotopic (exact) mass is 263 g/mol. The number of nitrogens with one attached hydrogen (secondary N) is 1. The summed E-state index contributed by atoms with van der Waals surface area (Å²) in [6, 6.07) is 2.91. The molecule has 3 nitrogen and oxygen atoms in total. The maximum absolute atomic E-state index is 4.51. The van der Waals surface area contributed by atoms with Gasteiger partial charge in [0.25, 0.3) is 0 Å². The summed E-state index contributed by atoms with van der Waals surface area (Å²) in [4.78, 5) is 0. The van der Waals surface area contributed by atoms with Crippen LogP contribution in [0.5, 0.6) is 0 Å². The molecule has 1 N–H and O–H groups in total. The Labute approximate surface area is 117 Å². The fourth-order valence-electron chi connectivity index (χ4n) is 3.13. The number of aryl methyl sites for hydroxylation is 3. The second kappa shape index (κ2) is 7.09. The molecule has 1 saturated carbocycles. The van der Waals surface area contributed by atoms with Crippen LogP contribution < -0.4 is 5.32 Å². The van der Waals surface area contributed by atoms with Crippen molar-refractivity contribution in [3.63, 3.8) is 0 Å². The normalized spacial score (nSPS) is 24.4. The largest absolute Gasteiger partial charge is 0.314 e. The molecule has 2 unspecified atom stereocenters. The molecular formula is C16H29N3. The van der Waals surface area contributed by atoms with Crippen molar-refractivity contribution in [3.05, 3.63) is 17.5 Å². The fourth-order valence-corrected chi connectivity index (χ4v) is 3.13. The molecule has 1 aliphatic carbocycles. The van der Waals surface area contributed by atoms with Crippen LogP contribution in [0.25, 0.3) is 0 Å². The molecule has 0 spiro atoms. The van der Waals surface area contributed by atoms with Crippen molar-refractivity contribution >= 4 is 0 Å². The van der Waals surface area contributed by atoms with Gasteiger partial charge in [0.05, 0.1) is 5.69 Å². The van der Waals surface area contributed by atoms with E-state index in [1.807, 2.05) is 0 Å². The van der Waals surface area contributed by atoms with Crippen molar-refractivity contribution in [1.82, 2.24) is 15.1 Å². The molecule has 1 fully saturated rings. The Morgan fingerprint density at radius 1 is 1.26 bits per heavy atom. The highest BCUT2D eigenvalue weighted by atomic mass is 15.3. The lowest BCUT2D eigenvalue weighted by Gasteiger charge is -2.16. The Morgan fingerprint density at radius 3 is 2.84 bits per heavy atom. The third kappa shape index (κ3) is 4.64. The molecule has 0 bridgehead atoms. The minimum Gasteiger partial charge on any atom is -0.314 e. The van der Waals surface area contributed by atoms with Crippen LogP contribution in [0.4, 0.5) is 0 Å². The van der Waals surface area contributed by atoms with Crippen LogP contribution in [0.15, 0.2) is 6.07 Å². The highest BCUT2D eigenvalue weighted by molar-refractivity contribution is 5.06. The molecule has 1 heterocycles. The van der Waals surface area contributed by atoms with Crippen LogP contribution >= 0.6 is 0 Å². The number of hydrogen-bond acceptors (Lipinski definition) is 2. The molecule has 1 aromatic rings. The second-order valence-corrected chi connectivity index (χ2v) is 6.27. The van der Waals surface area contributed by atoms with Crippen LogP contribution in [-0.2, 0) is 6.54 Å². The SMILES string of the molecule is Cc1cc(C)n(CCCNC2CCCC(C)CC2)n1. The molecule has 0 aliphatic heterocycles. The zero-order valence-electron chi connectivity index (χ0n) is 12.8. The van der Waals surface area contributed by atoms with Gasteiger partial charge in [0, 0.05) is 18.3 Å². The summed E-state index contributed by atoms with van der Waals surface area (Å²) >= 11 is 0. The molecule has 0 radical (unpaired) electrons. The lowest BCUT2D eigenvalue weighted by molar-refractivity contribution is 0.431. The van der Waals surface area contributed by atoms with E-state index < -0.39 is 0 Å². The van der Waals surface area contributed by atoms with E-state index in [9.17, 15) is 0 Å².